The quantitative estimate of drug-likeness (QED) is 0.745. The Hall–Kier alpha value is -2.00. The Labute approximate surface area is 87.6 Å². The predicted octanol–water partition coefficient (Wildman–Crippen LogP) is 1.94. The van der Waals surface area contributed by atoms with Crippen LogP contribution in [0.25, 0.3) is 11.1 Å². The second kappa shape index (κ2) is 4.48. The molecule has 15 heavy (non-hydrogen) atoms. The molecule has 0 fully saturated rings. The summed E-state index contributed by atoms with van der Waals surface area (Å²) in [4.78, 5) is 0. The third kappa shape index (κ3) is 2.08. The van der Waals surface area contributed by atoms with E-state index in [1.807, 2.05) is 12.1 Å². The van der Waals surface area contributed by atoms with Gasteiger partial charge in [0.05, 0.1) is 0 Å². The van der Waals surface area contributed by atoms with Gasteiger partial charge in [0.1, 0.15) is 11.5 Å². The van der Waals surface area contributed by atoms with E-state index in [4.69, 9.17) is 0 Å². The molecule has 0 saturated heterocycles. The molecule has 4 N–H and O–H groups in total. The minimum Gasteiger partial charge on any atom is -0.507 e. The highest BCUT2D eigenvalue weighted by molar-refractivity contribution is 5.74. The van der Waals surface area contributed by atoms with E-state index in [0.29, 0.717) is 11.1 Å². The van der Waals surface area contributed by atoms with E-state index in [0.717, 1.165) is 0 Å². The Morgan fingerprint density at radius 2 is 0.933 bits per heavy atom. The Kier molecular flexibility index (Phi) is 3.31. The van der Waals surface area contributed by atoms with E-state index in [2.05, 4.69) is 0 Å². The number of rotatable bonds is 1. The average Bonchev–Trinajstić information content (AvgIpc) is 2.20. The molecule has 0 radical (unpaired) electrons. The highest BCUT2D eigenvalue weighted by Crippen LogP contribution is 2.34. The van der Waals surface area contributed by atoms with Gasteiger partial charge in [0.2, 0.25) is 0 Å². The molecule has 3 heteroatoms. The van der Waals surface area contributed by atoms with Crippen LogP contribution < -0.4 is 0 Å². The van der Waals surface area contributed by atoms with Crippen LogP contribution in [0.4, 0.5) is 0 Å². The summed E-state index contributed by atoms with van der Waals surface area (Å²) in [6.45, 7) is 0. The highest BCUT2D eigenvalue weighted by Gasteiger charge is 2.06. The van der Waals surface area contributed by atoms with E-state index in [1.54, 1.807) is 36.4 Å². The van der Waals surface area contributed by atoms with Crippen LogP contribution in [0, 0.1) is 0 Å². The number of hydrogen-bond acceptors (Lipinski definition) is 2. The smallest absolute Gasteiger partial charge is 0.123 e. The van der Waals surface area contributed by atoms with Crippen molar-refractivity contribution in [2.24, 2.45) is 0 Å². The molecule has 0 heterocycles. The largest absolute Gasteiger partial charge is 0.507 e. The van der Waals surface area contributed by atoms with Crippen molar-refractivity contribution in [1.82, 2.24) is 0 Å². The van der Waals surface area contributed by atoms with Crippen molar-refractivity contribution in [3.05, 3.63) is 48.5 Å². The Balaban J connectivity index is 0.00000112. The van der Waals surface area contributed by atoms with Gasteiger partial charge in [-0.05, 0) is 12.1 Å². The first-order valence-electron chi connectivity index (χ1n) is 4.35. The molecule has 2 aromatic carbocycles. The van der Waals surface area contributed by atoms with Crippen molar-refractivity contribution in [3.8, 4) is 22.6 Å². The molecular weight excluding hydrogens is 192 g/mol. The van der Waals surface area contributed by atoms with Gasteiger partial charge < -0.3 is 15.7 Å². The molecule has 0 spiro atoms. The first kappa shape index (κ1) is 11.1. The van der Waals surface area contributed by atoms with Crippen molar-refractivity contribution in [2.75, 3.05) is 0 Å². The number of hydrogen-bond donors (Lipinski definition) is 2. The Morgan fingerprint density at radius 3 is 1.27 bits per heavy atom. The molecule has 3 nitrogen and oxygen atoms in total. The molecule has 0 amide bonds. The van der Waals surface area contributed by atoms with Crippen LogP contribution in [-0.2, 0) is 0 Å². The number of phenolic OH excluding ortho intramolecular Hbond substituents is 2. The second-order valence-corrected chi connectivity index (χ2v) is 3.03. The molecule has 0 saturated carbocycles. The SMILES string of the molecule is O.Oc1ccccc1-c1ccccc1O. The molecule has 0 aliphatic rings. The van der Waals surface area contributed by atoms with E-state index in [9.17, 15) is 10.2 Å². The number of para-hydroxylation sites is 2. The summed E-state index contributed by atoms with van der Waals surface area (Å²) in [6, 6.07) is 13.9. The van der Waals surface area contributed by atoms with Crippen LogP contribution in [0.15, 0.2) is 48.5 Å². The summed E-state index contributed by atoms with van der Waals surface area (Å²) in [6.07, 6.45) is 0. The van der Waals surface area contributed by atoms with Gasteiger partial charge >= 0.3 is 0 Å². The van der Waals surface area contributed by atoms with Gasteiger partial charge in [0.15, 0.2) is 0 Å². The lowest BCUT2D eigenvalue weighted by Gasteiger charge is -2.05. The minimum atomic E-state index is 0. The monoisotopic (exact) mass is 204 g/mol. The highest BCUT2D eigenvalue weighted by atomic mass is 16.3. The summed E-state index contributed by atoms with van der Waals surface area (Å²) >= 11 is 0. The van der Waals surface area contributed by atoms with Crippen molar-refractivity contribution in [3.63, 3.8) is 0 Å². The van der Waals surface area contributed by atoms with Crippen LogP contribution in [-0.4, -0.2) is 15.7 Å². The van der Waals surface area contributed by atoms with Gasteiger partial charge in [-0.25, -0.2) is 0 Å². The molecule has 0 aliphatic carbocycles. The van der Waals surface area contributed by atoms with Gasteiger partial charge in [-0.3, -0.25) is 0 Å². The number of phenols is 2. The standard InChI is InChI=1S/C12H10O2.H2O/c13-11-7-3-1-5-9(11)10-6-2-4-8-12(10)14;/h1-8,13-14H;1H2. The molecule has 2 rings (SSSR count). The summed E-state index contributed by atoms with van der Waals surface area (Å²) in [5.41, 5.74) is 1.29. The maximum atomic E-state index is 9.58. The fraction of sp³-hybridized carbons (Fsp3) is 0. The zero-order chi connectivity index (χ0) is 9.97. The lowest BCUT2D eigenvalue weighted by atomic mass is 10.0. The topological polar surface area (TPSA) is 72.0 Å². The van der Waals surface area contributed by atoms with E-state index in [1.165, 1.54) is 0 Å². The van der Waals surface area contributed by atoms with Crippen LogP contribution in [0.3, 0.4) is 0 Å². The zero-order valence-electron chi connectivity index (χ0n) is 8.01. The maximum Gasteiger partial charge on any atom is 0.123 e. The predicted molar refractivity (Wildman–Crippen MR) is 58.8 cm³/mol. The summed E-state index contributed by atoms with van der Waals surface area (Å²) in [5.74, 6) is 0.350. The van der Waals surface area contributed by atoms with Crippen molar-refractivity contribution in [2.45, 2.75) is 0 Å². The van der Waals surface area contributed by atoms with E-state index < -0.39 is 0 Å². The Morgan fingerprint density at radius 1 is 0.600 bits per heavy atom. The van der Waals surface area contributed by atoms with Gasteiger partial charge in [-0.1, -0.05) is 36.4 Å². The van der Waals surface area contributed by atoms with Gasteiger partial charge in [0.25, 0.3) is 0 Å². The average molecular weight is 204 g/mol. The van der Waals surface area contributed by atoms with Crippen LogP contribution in [0.5, 0.6) is 11.5 Å². The van der Waals surface area contributed by atoms with Gasteiger partial charge in [0, 0.05) is 11.1 Å². The first-order chi connectivity index (χ1) is 6.79. The second-order valence-electron chi connectivity index (χ2n) is 3.03. The number of benzene rings is 2. The maximum absolute atomic E-state index is 9.58. The molecule has 0 unspecified atom stereocenters. The third-order valence-electron chi connectivity index (χ3n) is 2.10. The number of aromatic hydroxyl groups is 2. The van der Waals surface area contributed by atoms with Gasteiger partial charge in [-0.2, -0.15) is 0 Å². The molecule has 0 aromatic heterocycles. The van der Waals surface area contributed by atoms with Crippen LogP contribution in [0.1, 0.15) is 0 Å². The van der Waals surface area contributed by atoms with Crippen LogP contribution >= 0.6 is 0 Å². The zero-order valence-corrected chi connectivity index (χ0v) is 8.01. The molecule has 0 aliphatic heterocycles. The lowest BCUT2D eigenvalue weighted by molar-refractivity contribution is 0.469. The Bertz CT molecular complexity index is 409. The van der Waals surface area contributed by atoms with Crippen LogP contribution in [0.2, 0.25) is 0 Å². The first-order valence-corrected chi connectivity index (χ1v) is 4.35. The molecule has 78 valence electrons. The van der Waals surface area contributed by atoms with E-state index in [-0.39, 0.29) is 17.0 Å². The molecular formula is C12H12O3. The third-order valence-corrected chi connectivity index (χ3v) is 2.10. The van der Waals surface area contributed by atoms with Crippen molar-refractivity contribution in [1.29, 1.82) is 0 Å². The molecule has 0 atom stereocenters. The fourth-order valence-electron chi connectivity index (χ4n) is 1.40. The molecule has 2 aromatic rings. The summed E-state index contributed by atoms with van der Waals surface area (Å²) in [5, 5.41) is 19.2. The van der Waals surface area contributed by atoms with Crippen molar-refractivity contribution < 1.29 is 15.7 Å². The van der Waals surface area contributed by atoms with E-state index >= 15 is 0 Å². The summed E-state index contributed by atoms with van der Waals surface area (Å²) in [7, 11) is 0. The normalized spacial score (nSPS) is 9.33. The van der Waals surface area contributed by atoms with Gasteiger partial charge in [-0.15, -0.1) is 0 Å². The lowest BCUT2D eigenvalue weighted by Crippen LogP contribution is -1.79. The molecule has 0 bridgehead atoms. The minimum absolute atomic E-state index is 0. The fourth-order valence-corrected chi connectivity index (χ4v) is 1.40. The van der Waals surface area contributed by atoms with Crippen molar-refractivity contribution >= 4 is 0 Å². The summed E-state index contributed by atoms with van der Waals surface area (Å²) < 4.78 is 0.